The first-order valence-corrected chi connectivity index (χ1v) is 9.73. The normalized spacial score (nSPS) is 11.2. The van der Waals surface area contributed by atoms with E-state index in [1.807, 2.05) is 30.3 Å². The van der Waals surface area contributed by atoms with E-state index in [0.29, 0.717) is 23.7 Å². The van der Waals surface area contributed by atoms with E-state index in [0.717, 1.165) is 16.3 Å². The topological polar surface area (TPSA) is 56.5 Å². The highest BCUT2D eigenvalue weighted by Crippen LogP contribution is 2.26. The maximum Gasteiger partial charge on any atom is 0.196 e. The Hall–Kier alpha value is -2.86. The third-order valence-electron chi connectivity index (χ3n) is 4.41. The van der Waals surface area contributed by atoms with Crippen molar-refractivity contribution in [3.05, 3.63) is 65.7 Å². The Morgan fingerprint density at radius 2 is 1.89 bits per heavy atom. The Kier molecular flexibility index (Phi) is 4.81. The van der Waals surface area contributed by atoms with Crippen molar-refractivity contribution in [3.8, 4) is 5.75 Å². The highest BCUT2D eigenvalue weighted by molar-refractivity contribution is 7.99. The lowest BCUT2D eigenvalue weighted by Crippen LogP contribution is -2.05. The number of para-hydroxylation sites is 2. The van der Waals surface area contributed by atoms with Gasteiger partial charge < -0.3 is 4.74 Å². The molecule has 0 aliphatic carbocycles. The molecule has 27 heavy (non-hydrogen) atoms. The van der Waals surface area contributed by atoms with Crippen LogP contribution in [0.1, 0.15) is 22.8 Å². The molecule has 0 saturated heterocycles. The highest BCUT2D eigenvalue weighted by atomic mass is 32.2. The van der Waals surface area contributed by atoms with Gasteiger partial charge in [0.05, 0.1) is 17.7 Å². The molecule has 0 fully saturated rings. The molecule has 2 aromatic carbocycles. The van der Waals surface area contributed by atoms with Crippen LogP contribution in [0.5, 0.6) is 5.75 Å². The molecule has 0 amide bonds. The largest absolute Gasteiger partial charge is 0.492 e. The molecule has 0 N–H and O–H groups in total. The molecule has 2 heterocycles. The minimum absolute atomic E-state index is 0.00328. The van der Waals surface area contributed by atoms with E-state index in [9.17, 15) is 4.79 Å². The fourth-order valence-corrected chi connectivity index (χ4v) is 3.90. The summed E-state index contributed by atoms with van der Waals surface area (Å²) in [7, 11) is 0. The second-order valence-electron chi connectivity index (χ2n) is 6.27. The van der Waals surface area contributed by atoms with Crippen molar-refractivity contribution in [1.82, 2.24) is 14.6 Å². The minimum Gasteiger partial charge on any atom is -0.492 e. The minimum atomic E-state index is 0.00328. The van der Waals surface area contributed by atoms with Gasteiger partial charge in [-0.1, -0.05) is 42.1 Å². The van der Waals surface area contributed by atoms with Gasteiger partial charge in [-0.2, -0.15) is 0 Å². The summed E-state index contributed by atoms with van der Waals surface area (Å²) >= 11 is 1.59. The number of hydrogen-bond acceptors (Lipinski definition) is 5. The summed E-state index contributed by atoms with van der Waals surface area (Å²) in [6, 6.07) is 17.6. The molecule has 2 aromatic heterocycles. The van der Waals surface area contributed by atoms with Gasteiger partial charge in [0.25, 0.3) is 0 Å². The fraction of sp³-hybridized carbons (Fsp3) is 0.190. The Bertz CT molecular complexity index is 1140. The number of ether oxygens (including phenoxy) is 1. The molecule has 5 nitrogen and oxygen atoms in total. The van der Waals surface area contributed by atoms with Crippen molar-refractivity contribution in [1.29, 1.82) is 0 Å². The Labute approximate surface area is 161 Å². The van der Waals surface area contributed by atoms with Crippen LogP contribution in [0.15, 0.2) is 59.8 Å². The molecule has 0 radical (unpaired) electrons. The van der Waals surface area contributed by atoms with Gasteiger partial charge >= 0.3 is 0 Å². The van der Waals surface area contributed by atoms with Crippen LogP contribution >= 0.6 is 11.8 Å². The smallest absolute Gasteiger partial charge is 0.196 e. The summed E-state index contributed by atoms with van der Waals surface area (Å²) in [4.78, 5) is 11.7. The molecule has 0 bridgehead atoms. The molecular weight excluding hydrogens is 358 g/mol. The average Bonchev–Trinajstić information content (AvgIpc) is 3.08. The van der Waals surface area contributed by atoms with Crippen LogP contribution in [0, 0.1) is 6.92 Å². The quantitative estimate of drug-likeness (QED) is 0.280. The molecular formula is C21H19N3O2S. The van der Waals surface area contributed by atoms with Gasteiger partial charge in [0.1, 0.15) is 5.75 Å². The lowest BCUT2D eigenvalue weighted by molar-refractivity contribution is 0.101. The van der Waals surface area contributed by atoms with Crippen molar-refractivity contribution in [2.75, 3.05) is 12.4 Å². The van der Waals surface area contributed by atoms with E-state index in [2.05, 4.69) is 39.7 Å². The van der Waals surface area contributed by atoms with E-state index < -0.39 is 0 Å². The number of pyridine rings is 1. The highest BCUT2D eigenvalue weighted by Gasteiger charge is 2.12. The monoisotopic (exact) mass is 377 g/mol. The predicted molar refractivity (Wildman–Crippen MR) is 108 cm³/mol. The summed E-state index contributed by atoms with van der Waals surface area (Å²) in [6.45, 7) is 4.12. The zero-order chi connectivity index (χ0) is 18.8. The first-order valence-electron chi connectivity index (χ1n) is 8.74. The molecule has 6 heteroatoms. The molecule has 0 spiro atoms. The molecule has 4 aromatic rings. The van der Waals surface area contributed by atoms with E-state index in [1.54, 1.807) is 24.8 Å². The van der Waals surface area contributed by atoms with Crippen LogP contribution in [0.4, 0.5) is 0 Å². The third-order valence-corrected chi connectivity index (χ3v) is 5.31. The van der Waals surface area contributed by atoms with E-state index in [-0.39, 0.29) is 5.78 Å². The van der Waals surface area contributed by atoms with E-state index >= 15 is 0 Å². The second kappa shape index (κ2) is 7.40. The number of benzene rings is 2. The number of aryl methyl sites for hydroxylation is 1. The molecule has 0 unspecified atom stereocenters. The van der Waals surface area contributed by atoms with Gasteiger partial charge in [-0.3, -0.25) is 9.20 Å². The first kappa shape index (κ1) is 17.5. The summed E-state index contributed by atoms with van der Waals surface area (Å²) in [6.07, 6.45) is 0. The van der Waals surface area contributed by atoms with Gasteiger partial charge in [0.15, 0.2) is 16.6 Å². The van der Waals surface area contributed by atoms with Gasteiger partial charge in [-0.05, 0) is 43.7 Å². The summed E-state index contributed by atoms with van der Waals surface area (Å²) in [5.74, 6) is 1.33. The summed E-state index contributed by atoms with van der Waals surface area (Å²) in [5, 5.41) is 10.7. The maximum atomic E-state index is 11.7. The maximum absolute atomic E-state index is 11.7. The number of thioether (sulfide) groups is 1. The fourth-order valence-electron chi connectivity index (χ4n) is 3.14. The lowest BCUT2D eigenvalue weighted by atomic mass is 10.1. The molecule has 0 aliphatic heterocycles. The zero-order valence-corrected chi connectivity index (χ0v) is 16.0. The van der Waals surface area contributed by atoms with E-state index in [4.69, 9.17) is 4.74 Å². The van der Waals surface area contributed by atoms with Crippen LogP contribution in [0.25, 0.3) is 16.6 Å². The second-order valence-corrected chi connectivity index (χ2v) is 7.33. The van der Waals surface area contributed by atoms with Gasteiger partial charge in [0.2, 0.25) is 0 Å². The van der Waals surface area contributed by atoms with Crippen molar-refractivity contribution in [2.24, 2.45) is 0 Å². The molecule has 0 aliphatic rings. The van der Waals surface area contributed by atoms with Crippen molar-refractivity contribution in [3.63, 3.8) is 0 Å². The summed E-state index contributed by atoms with van der Waals surface area (Å²) in [5.41, 5.74) is 3.74. The molecule has 4 rings (SSSR count). The summed E-state index contributed by atoms with van der Waals surface area (Å²) < 4.78 is 7.90. The van der Waals surface area contributed by atoms with Gasteiger partial charge in [-0.15, -0.1) is 10.2 Å². The lowest BCUT2D eigenvalue weighted by Gasteiger charge is -2.09. The third kappa shape index (κ3) is 3.40. The number of aromatic nitrogens is 3. The number of fused-ring (bicyclic) bond motifs is 3. The van der Waals surface area contributed by atoms with Crippen molar-refractivity contribution < 1.29 is 9.53 Å². The number of carbonyl (C=O) groups is 1. The zero-order valence-electron chi connectivity index (χ0n) is 15.2. The number of Topliss-reactive ketones (excluding diaryl/α,β-unsaturated/α-hetero) is 1. The number of nitrogens with zero attached hydrogens (tertiary/aromatic N) is 3. The number of ketones is 1. The van der Waals surface area contributed by atoms with E-state index in [1.165, 1.54) is 10.9 Å². The van der Waals surface area contributed by atoms with Crippen LogP contribution in [0.3, 0.4) is 0 Å². The van der Waals surface area contributed by atoms with Gasteiger partial charge in [-0.25, -0.2) is 0 Å². The predicted octanol–water partition coefficient (Wildman–Crippen LogP) is 4.56. The SMILES string of the molecule is CC(=O)c1ccccc1OCCSc1nnc2cc(C)c3ccccc3n12. The standard InChI is InChI=1S/C21H19N3O2S/c1-14-13-20-22-23-21(24(20)18-9-5-3-7-16(14)18)27-12-11-26-19-10-6-4-8-17(19)15(2)25/h3-10,13H,11-12H2,1-2H3. The van der Waals surface area contributed by atoms with Gasteiger partial charge in [0, 0.05) is 11.1 Å². The van der Waals surface area contributed by atoms with Crippen LogP contribution in [0.2, 0.25) is 0 Å². The van der Waals surface area contributed by atoms with Crippen LogP contribution in [-0.2, 0) is 0 Å². The molecule has 0 saturated carbocycles. The number of hydrogen-bond donors (Lipinski definition) is 0. The number of carbonyl (C=O) groups excluding carboxylic acids is 1. The van der Waals surface area contributed by atoms with Crippen LogP contribution < -0.4 is 4.74 Å². The average molecular weight is 377 g/mol. The first-order chi connectivity index (χ1) is 13.1. The Balaban J connectivity index is 1.52. The Morgan fingerprint density at radius 3 is 2.74 bits per heavy atom. The molecule has 136 valence electrons. The Morgan fingerprint density at radius 1 is 1.11 bits per heavy atom. The number of rotatable bonds is 6. The van der Waals surface area contributed by atoms with Crippen molar-refractivity contribution in [2.45, 2.75) is 19.0 Å². The van der Waals surface area contributed by atoms with Crippen molar-refractivity contribution >= 4 is 34.1 Å². The van der Waals surface area contributed by atoms with Crippen LogP contribution in [-0.4, -0.2) is 32.7 Å². The molecule has 0 atom stereocenters.